The second kappa shape index (κ2) is 7.84. The molecular weight excluding hydrogens is 383 g/mol. The number of hydrogen-bond acceptors (Lipinski definition) is 5. The molecule has 6 nitrogen and oxygen atoms in total. The first-order valence-corrected chi connectivity index (χ1v) is 10.0. The van der Waals surface area contributed by atoms with Crippen LogP contribution in [0.3, 0.4) is 0 Å². The molecule has 2 aliphatic rings. The second-order valence-electron chi connectivity index (χ2n) is 7.48. The molecule has 1 unspecified atom stereocenters. The van der Waals surface area contributed by atoms with Crippen molar-refractivity contribution >= 4 is 6.09 Å². The van der Waals surface area contributed by atoms with Crippen molar-refractivity contribution in [1.29, 1.82) is 0 Å². The Morgan fingerprint density at radius 2 is 1.70 bits per heavy atom. The summed E-state index contributed by atoms with van der Waals surface area (Å²) in [6.45, 7) is 1.88. The molecule has 0 bridgehead atoms. The number of ether oxygens (including phenoxy) is 1. The monoisotopic (exact) mass is 404 g/mol. The van der Waals surface area contributed by atoms with Gasteiger partial charge in [0.25, 0.3) is 0 Å². The fourth-order valence-electron chi connectivity index (χ4n) is 4.32. The van der Waals surface area contributed by atoms with Crippen molar-refractivity contribution in [1.82, 2.24) is 20.2 Å². The molecule has 1 aromatic heterocycles. The summed E-state index contributed by atoms with van der Waals surface area (Å²) in [4.78, 5) is 22.7. The lowest BCUT2D eigenvalue weighted by Gasteiger charge is -2.34. The third-order valence-corrected chi connectivity index (χ3v) is 5.75. The molecule has 1 aliphatic carbocycles. The van der Waals surface area contributed by atoms with Crippen molar-refractivity contribution in [2.24, 2.45) is 0 Å². The van der Waals surface area contributed by atoms with Gasteiger partial charge in [-0.1, -0.05) is 48.5 Å². The van der Waals surface area contributed by atoms with Gasteiger partial charge in [0.1, 0.15) is 12.6 Å². The molecule has 1 N–H and O–H groups in total. The molecule has 5 rings (SSSR count). The molecule has 152 valence electrons. The maximum atomic E-state index is 13.2. The van der Waals surface area contributed by atoms with E-state index in [0.29, 0.717) is 25.5 Å². The van der Waals surface area contributed by atoms with Crippen LogP contribution in [0.1, 0.15) is 28.9 Å². The molecule has 0 saturated carbocycles. The number of benzene rings is 2. The predicted molar refractivity (Wildman–Crippen MR) is 109 cm³/mol. The number of carbonyl (C=O) groups excluding carboxylic acids is 1. The van der Waals surface area contributed by atoms with E-state index in [1.165, 1.54) is 22.3 Å². The third-order valence-electron chi connectivity index (χ3n) is 5.75. The largest absolute Gasteiger partial charge is 0.448 e. The first-order chi connectivity index (χ1) is 14.7. The van der Waals surface area contributed by atoms with Gasteiger partial charge in [0.05, 0.1) is 12.4 Å². The van der Waals surface area contributed by atoms with Gasteiger partial charge in [-0.15, -0.1) is 0 Å². The standard InChI is InChI=1S/C23H21FN4O2/c24-15-11-26-22(27-12-15)21-13-25-9-10-28(21)23(29)30-14-20-18-7-3-1-5-16(18)17-6-2-4-8-19(17)20/h1-8,11-12,20-21,25H,9-10,13-14H2. The average molecular weight is 404 g/mol. The lowest BCUT2D eigenvalue weighted by Crippen LogP contribution is -2.49. The van der Waals surface area contributed by atoms with E-state index in [1.54, 1.807) is 4.90 Å². The summed E-state index contributed by atoms with van der Waals surface area (Å²) in [7, 11) is 0. The van der Waals surface area contributed by atoms with Crippen molar-refractivity contribution in [3.8, 4) is 11.1 Å². The molecule has 1 atom stereocenters. The fraction of sp³-hybridized carbons (Fsp3) is 0.261. The van der Waals surface area contributed by atoms with E-state index < -0.39 is 18.0 Å². The van der Waals surface area contributed by atoms with Crippen molar-refractivity contribution in [3.63, 3.8) is 0 Å². The van der Waals surface area contributed by atoms with Gasteiger partial charge >= 0.3 is 6.09 Å². The summed E-state index contributed by atoms with van der Waals surface area (Å²) in [6.07, 6.45) is 1.83. The minimum atomic E-state index is -0.504. The maximum Gasteiger partial charge on any atom is 0.410 e. The lowest BCUT2D eigenvalue weighted by molar-refractivity contribution is 0.0732. The number of piperazine rings is 1. The van der Waals surface area contributed by atoms with Gasteiger partial charge in [-0.2, -0.15) is 0 Å². The van der Waals surface area contributed by atoms with Crippen LogP contribution in [-0.4, -0.2) is 47.2 Å². The van der Waals surface area contributed by atoms with Gasteiger partial charge in [-0.05, 0) is 22.3 Å². The summed E-state index contributed by atoms with van der Waals surface area (Å²) in [5.74, 6) is -0.0999. The molecule has 1 aliphatic heterocycles. The number of hydrogen-bond donors (Lipinski definition) is 1. The highest BCUT2D eigenvalue weighted by molar-refractivity contribution is 5.79. The minimum Gasteiger partial charge on any atom is -0.448 e. The van der Waals surface area contributed by atoms with E-state index in [1.807, 2.05) is 24.3 Å². The summed E-state index contributed by atoms with van der Waals surface area (Å²) in [5, 5.41) is 3.23. The van der Waals surface area contributed by atoms with Gasteiger partial charge in [-0.25, -0.2) is 19.2 Å². The number of halogens is 1. The number of nitrogens with zero attached hydrogens (tertiary/aromatic N) is 3. The van der Waals surface area contributed by atoms with Crippen molar-refractivity contribution in [2.75, 3.05) is 26.2 Å². The molecule has 0 spiro atoms. The Bertz CT molecular complexity index is 1030. The van der Waals surface area contributed by atoms with Crippen molar-refractivity contribution < 1.29 is 13.9 Å². The molecule has 3 aromatic rings. The molecule has 0 radical (unpaired) electrons. The van der Waals surface area contributed by atoms with E-state index >= 15 is 0 Å². The maximum absolute atomic E-state index is 13.2. The molecule has 1 fully saturated rings. The Morgan fingerprint density at radius 1 is 1.07 bits per heavy atom. The first-order valence-electron chi connectivity index (χ1n) is 10.0. The Kier molecular flexibility index (Phi) is 4.88. The smallest absolute Gasteiger partial charge is 0.410 e. The number of carbonyl (C=O) groups is 1. The molecule has 1 amide bonds. The number of nitrogens with one attached hydrogen (secondary N) is 1. The van der Waals surface area contributed by atoms with E-state index in [2.05, 4.69) is 39.6 Å². The zero-order valence-corrected chi connectivity index (χ0v) is 16.3. The van der Waals surface area contributed by atoms with Crippen LogP contribution in [0.25, 0.3) is 11.1 Å². The fourth-order valence-corrected chi connectivity index (χ4v) is 4.32. The molecule has 2 aromatic carbocycles. The molecule has 1 saturated heterocycles. The van der Waals surface area contributed by atoms with Crippen LogP contribution < -0.4 is 5.32 Å². The number of aromatic nitrogens is 2. The van der Waals surface area contributed by atoms with E-state index in [4.69, 9.17) is 4.74 Å². The summed E-state index contributed by atoms with van der Waals surface area (Å²) >= 11 is 0. The van der Waals surface area contributed by atoms with E-state index in [0.717, 1.165) is 12.4 Å². The van der Waals surface area contributed by atoms with Crippen LogP contribution in [-0.2, 0) is 4.74 Å². The minimum absolute atomic E-state index is 0.00443. The van der Waals surface area contributed by atoms with Crippen LogP contribution in [0, 0.1) is 5.82 Å². The quantitative estimate of drug-likeness (QED) is 0.724. The van der Waals surface area contributed by atoms with Crippen LogP contribution in [0.4, 0.5) is 9.18 Å². The highest BCUT2D eigenvalue weighted by Gasteiger charge is 2.33. The molecule has 2 heterocycles. The zero-order chi connectivity index (χ0) is 20.5. The summed E-state index contributed by atoms with van der Waals surface area (Å²) in [6, 6.07) is 16.1. The van der Waals surface area contributed by atoms with Gasteiger partial charge in [0.15, 0.2) is 11.6 Å². The molecule has 30 heavy (non-hydrogen) atoms. The normalized spacial score (nSPS) is 18.0. The highest BCUT2D eigenvalue weighted by atomic mass is 19.1. The molecule has 7 heteroatoms. The Balaban J connectivity index is 1.35. The highest BCUT2D eigenvalue weighted by Crippen LogP contribution is 2.44. The van der Waals surface area contributed by atoms with Crippen LogP contribution >= 0.6 is 0 Å². The first kappa shape index (κ1) is 18.7. The molecular formula is C23H21FN4O2. The van der Waals surface area contributed by atoms with Gasteiger partial charge in [0, 0.05) is 25.6 Å². The van der Waals surface area contributed by atoms with Gasteiger partial charge in [-0.3, -0.25) is 4.90 Å². The lowest BCUT2D eigenvalue weighted by atomic mass is 9.98. The topological polar surface area (TPSA) is 67.3 Å². The van der Waals surface area contributed by atoms with Crippen LogP contribution in [0.15, 0.2) is 60.9 Å². The van der Waals surface area contributed by atoms with Crippen LogP contribution in [0.5, 0.6) is 0 Å². The SMILES string of the molecule is O=C(OCC1c2ccccc2-c2ccccc21)N1CCNCC1c1ncc(F)cn1. The number of rotatable bonds is 3. The van der Waals surface area contributed by atoms with Gasteiger partial charge in [0.2, 0.25) is 0 Å². The predicted octanol–water partition coefficient (Wildman–Crippen LogP) is 3.51. The van der Waals surface area contributed by atoms with Crippen molar-refractivity contribution in [2.45, 2.75) is 12.0 Å². The Labute approximate surface area is 173 Å². The van der Waals surface area contributed by atoms with Crippen molar-refractivity contribution in [3.05, 3.63) is 83.7 Å². The Morgan fingerprint density at radius 3 is 2.37 bits per heavy atom. The summed E-state index contributed by atoms with van der Waals surface area (Å²) in [5.41, 5.74) is 4.72. The second-order valence-corrected chi connectivity index (χ2v) is 7.48. The number of fused-ring (bicyclic) bond motifs is 3. The summed E-state index contributed by atoms with van der Waals surface area (Å²) < 4.78 is 19.0. The average Bonchev–Trinajstić information content (AvgIpc) is 3.12. The van der Waals surface area contributed by atoms with E-state index in [-0.39, 0.29) is 12.5 Å². The van der Waals surface area contributed by atoms with Crippen LogP contribution in [0.2, 0.25) is 0 Å². The van der Waals surface area contributed by atoms with Gasteiger partial charge < -0.3 is 10.1 Å². The Hall–Kier alpha value is -3.32. The zero-order valence-electron chi connectivity index (χ0n) is 16.3. The third kappa shape index (κ3) is 3.31. The number of amides is 1. The van der Waals surface area contributed by atoms with E-state index in [9.17, 15) is 9.18 Å².